The molecule has 5 nitrogen and oxygen atoms in total. The molecule has 1 atom stereocenters. The monoisotopic (exact) mass is 418 g/mol. The number of hydrogen-bond donors (Lipinski definition) is 2. The highest BCUT2D eigenvalue weighted by Crippen LogP contribution is 2.15. The van der Waals surface area contributed by atoms with Crippen molar-refractivity contribution < 1.29 is 23.1 Å². The smallest absolute Gasteiger partial charge is 0.387 e. The van der Waals surface area contributed by atoms with Gasteiger partial charge < -0.3 is 15.4 Å². The lowest BCUT2D eigenvalue weighted by Gasteiger charge is -2.21. The molecular weight excluding hydrogens is 390 g/mol. The van der Waals surface area contributed by atoms with E-state index in [0.717, 1.165) is 11.1 Å². The molecule has 0 saturated heterocycles. The largest absolute Gasteiger partial charge is 0.435 e. The van der Waals surface area contributed by atoms with E-state index < -0.39 is 12.7 Å². The topological polar surface area (TPSA) is 67.4 Å². The zero-order valence-corrected chi connectivity index (χ0v) is 17.5. The summed E-state index contributed by atoms with van der Waals surface area (Å²) in [5.74, 6) is -0.208. The van der Waals surface area contributed by atoms with E-state index in [-0.39, 0.29) is 23.5 Å². The first kappa shape index (κ1) is 23.3. The molecule has 2 amide bonds. The van der Waals surface area contributed by atoms with Gasteiger partial charge >= 0.3 is 6.61 Å². The molecule has 0 bridgehead atoms. The molecule has 0 heterocycles. The summed E-state index contributed by atoms with van der Waals surface area (Å²) in [6.07, 6.45) is 1.05. The Hall–Kier alpha value is -2.96. The van der Waals surface area contributed by atoms with Crippen LogP contribution in [0.3, 0.4) is 0 Å². The van der Waals surface area contributed by atoms with Gasteiger partial charge in [-0.1, -0.05) is 44.2 Å². The maximum atomic E-state index is 12.7. The molecule has 0 fully saturated rings. The van der Waals surface area contributed by atoms with Crippen LogP contribution >= 0.6 is 0 Å². The lowest BCUT2D eigenvalue weighted by Crippen LogP contribution is -2.48. The first-order valence-corrected chi connectivity index (χ1v) is 9.94. The van der Waals surface area contributed by atoms with E-state index in [1.165, 1.54) is 12.1 Å². The fourth-order valence-corrected chi connectivity index (χ4v) is 3.06. The van der Waals surface area contributed by atoms with Gasteiger partial charge in [-0.25, -0.2) is 0 Å². The Bertz CT molecular complexity index is 839. The average Bonchev–Trinajstić information content (AvgIpc) is 2.68. The first-order chi connectivity index (χ1) is 14.3. The van der Waals surface area contributed by atoms with Crippen LogP contribution in [0.4, 0.5) is 8.78 Å². The highest BCUT2D eigenvalue weighted by atomic mass is 19.3. The Labute approximate surface area is 175 Å². The highest BCUT2D eigenvalue weighted by Gasteiger charge is 2.22. The molecule has 2 rings (SSSR count). The van der Waals surface area contributed by atoms with Gasteiger partial charge in [0.25, 0.3) is 5.91 Å². The summed E-state index contributed by atoms with van der Waals surface area (Å²) in [7, 11) is 0. The zero-order valence-electron chi connectivity index (χ0n) is 17.5. The van der Waals surface area contributed by atoms with E-state index in [9.17, 15) is 18.4 Å². The van der Waals surface area contributed by atoms with Gasteiger partial charge in [0.2, 0.25) is 5.91 Å². The van der Waals surface area contributed by atoms with Gasteiger partial charge in [-0.2, -0.15) is 8.78 Å². The Morgan fingerprint density at radius 3 is 2.30 bits per heavy atom. The molecule has 2 aromatic rings. The molecule has 2 aromatic carbocycles. The summed E-state index contributed by atoms with van der Waals surface area (Å²) in [6.45, 7) is 3.34. The van der Waals surface area contributed by atoms with Crippen molar-refractivity contribution in [1.29, 1.82) is 0 Å². The summed E-state index contributed by atoms with van der Waals surface area (Å²) in [4.78, 5) is 25.3. The molecule has 162 valence electrons. The number of benzene rings is 2. The van der Waals surface area contributed by atoms with Crippen molar-refractivity contribution in [2.24, 2.45) is 5.92 Å². The van der Waals surface area contributed by atoms with Crippen LogP contribution in [0.2, 0.25) is 0 Å². The van der Waals surface area contributed by atoms with E-state index in [1.54, 1.807) is 24.3 Å². The SMILES string of the molecule is Cc1ccccc1C(=O)NC(CC(C)C)C(=O)NCCc1ccc(OC(F)F)cc1. The number of amides is 2. The molecule has 0 saturated carbocycles. The number of ether oxygens (including phenoxy) is 1. The molecule has 0 aliphatic rings. The van der Waals surface area contributed by atoms with Crippen molar-refractivity contribution >= 4 is 11.8 Å². The predicted molar refractivity (Wildman–Crippen MR) is 112 cm³/mol. The molecule has 7 heteroatoms. The lowest BCUT2D eigenvalue weighted by atomic mass is 10.0. The number of carbonyl (C=O) groups excluding carboxylic acids is 2. The van der Waals surface area contributed by atoms with Crippen molar-refractivity contribution in [2.45, 2.75) is 46.3 Å². The third kappa shape index (κ3) is 7.46. The maximum Gasteiger partial charge on any atom is 0.387 e. The van der Waals surface area contributed by atoms with Crippen molar-refractivity contribution in [3.8, 4) is 5.75 Å². The van der Waals surface area contributed by atoms with Crippen LogP contribution in [-0.2, 0) is 11.2 Å². The van der Waals surface area contributed by atoms with Crippen LogP contribution in [0.25, 0.3) is 0 Å². The van der Waals surface area contributed by atoms with Gasteiger partial charge in [0.1, 0.15) is 11.8 Å². The van der Waals surface area contributed by atoms with Crippen LogP contribution in [-0.4, -0.2) is 31.0 Å². The third-order valence-electron chi connectivity index (χ3n) is 4.58. The van der Waals surface area contributed by atoms with Gasteiger partial charge in [-0.3, -0.25) is 9.59 Å². The second-order valence-corrected chi connectivity index (χ2v) is 7.53. The second kappa shape index (κ2) is 11.3. The normalized spacial score (nSPS) is 12.0. The second-order valence-electron chi connectivity index (χ2n) is 7.53. The molecule has 0 radical (unpaired) electrons. The van der Waals surface area contributed by atoms with Gasteiger partial charge in [-0.15, -0.1) is 0 Å². The maximum absolute atomic E-state index is 12.7. The van der Waals surface area contributed by atoms with Crippen LogP contribution in [0, 0.1) is 12.8 Å². The molecule has 0 spiro atoms. The Morgan fingerprint density at radius 2 is 1.70 bits per heavy atom. The number of rotatable bonds is 10. The summed E-state index contributed by atoms with van der Waals surface area (Å²) in [5.41, 5.74) is 2.27. The number of aryl methyl sites for hydroxylation is 1. The Morgan fingerprint density at radius 1 is 1.03 bits per heavy atom. The molecule has 30 heavy (non-hydrogen) atoms. The van der Waals surface area contributed by atoms with Crippen molar-refractivity contribution in [1.82, 2.24) is 10.6 Å². The minimum Gasteiger partial charge on any atom is -0.435 e. The fraction of sp³-hybridized carbons (Fsp3) is 0.391. The van der Waals surface area contributed by atoms with Crippen LogP contribution in [0.1, 0.15) is 41.8 Å². The van der Waals surface area contributed by atoms with Crippen LogP contribution < -0.4 is 15.4 Å². The van der Waals surface area contributed by atoms with Gasteiger partial charge in [0, 0.05) is 12.1 Å². The van der Waals surface area contributed by atoms with Crippen molar-refractivity contribution in [3.63, 3.8) is 0 Å². The Kier molecular flexibility index (Phi) is 8.77. The summed E-state index contributed by atoms with van der Waals surface area (Å²) in [5, 5.41) is 5.69. The van der Waals surface area contributed by atoms with Crippen LogP contribution in [0.5, 0.6) is 5.75 Å². The summed E-state index contributed by atoms with van der Waals surface area (Å²) < 4.78 is 28.7. The number of nitrogens with one attached hydrogen (secondary N) is 2. The number of carbonyl (C=O) groups is 2. The standard InChI is InChI=1S/C23H28F2N2O3/c1-15(2)14-20(27-21(28)19-7-5-4-6-16(19)3)22(29)26-13-12-17-8-10-18(11-9-17)30-23(24)25/h4-11,15,20,23H,12-14H2,1-3H3,(H,26,29)(H,27,28). The number of halogens is 2. The Balaban J connectivity index is 1.91. The van der Waals surface area contributed by atoms with Gasteiger partial charge in [0.15, 0.2) is 0 Å². The summed E-state index contributed by atoms with van der Waals surface area (Å²) in [6, 6.07) is 12.9. The molecule has 0 aromatic heterocycles. The van der Waals surface area contributed by atoms with E-state index >= 15 is 0 Å². The van der Waals surface area contributed by atoms with E-state index in [1.807, 2.05) is 32.9 Å². The van der Waals surface area contributed by atoms with Gasteiger partial charge in [-0.05, 0) is 55.0 Å². The fourth-order valence-electron chi connectivity index (χ4n) is 3.06. The van der Waals surface area contributed by atoms with E-state index in [2.05, 4.69) is 15.4 Å². The first-order valence-electron chi connectivity index (χ1n) is 9.94. The molecule has 2 N–H and O–H groups in total. The molecule has 0 aliphatic heterocycles. The number of alkyl halides is 2. The molecule has 1 unspecified atom stereocenters. The van der Waals surface area contributed by atoms with Gasteiger partial charge in [0.05, 0.1) is 0 Å². The van der Waals surface area contributed by atoms with Crippen molar-refractivity contribution in [3.05, 3.63) is 65.2 Å². The predicted octanol–water partition coefficient (Wildman–Crippen LogP) is 4.10. The minimum atomic E-state index is -2.86. The minimum absolute atomic E-state index is 0.0914. The number of hydrogen-bond acceptors (Lipinski definition) is 3. The third-order valence-corrected chi connectivity index (χ3v) is 4.58. The quantitative estimate of drug-likeness (QED) is 0.611. The molecule has 0 aliphatic carbocycles. The lowest BCUT2D eigenvalue weighted by molar-refractivity contribution is -0.123. The van der Waals surface area contributed by atoms with E-state index in [0.29, 0.717) is 24.9 Å². The highest BCUT2D eigenvalue weighted by molar-refractivity contribution is 5.98. The van der Waals surface area contributed by atoms with Crippen molar-refractivity contribution in [2.75, 3.05) is 6.54 Å². The zero-order chi connectivity index (χ0) is 22.1. The van der Waals surface area contributed by atoms with E-state index in [4.69, 9.17) is 0 Å². The average molecular weight is 418 g/mol. The summed E-state index contributed by atoms with van der Waals surface area (Å²) >= 11 is 0. The molecular formula is C23H28F2N2O3. The van der Waals surface area contributed by atoms with Crippen LogP contribution in [0.15, 0.2) is 48.5 Å².